The Morgan fingerprint density at radius 1 is 1.12 bits per heavy atom. The highest BCUT2D eigenvalue weighted by molar-refractivity contribution is 7.89. The van der Waals surface area contributed by atoms with Gasteiger partial charge in [-0.2, -0.15) is 4.31 Å². The summed E-state index contributed by atoms with van der Waals surface area (Å²) in [5, 5.41) is 3.37. The average molecular weight is 496 g/mol. The van der Waals surface area contributed by atoms with Crippen molar-refractivity contribution in [2.45, 2.75) is 30.6 Å². The number of rotatable bonds is 6. The molecule has 1 aliphatic heterocycles. The quantitative estimate of drug-likeness (QED) is 0.619. The molecule has 1 aromatic carbocycles. The molecule has 1 saturated heterocycles. The summed E-state index contributed by atoms with van der Waals surface area (Å²) in [7, 11) is -2.60. The van der Waals surface area contributed by atoms with Gasteiger partial charge in [0.15, 0.2) is 0 Å². The van der Waals surface area contributed by atoms with Crippen LogP contribution in [0.5, 0.6) is 0 Å². The number of sulfonamides is 1. The number of halogens is 1. The minimum absolute atomic E-state index is 0.0662. The van der Waals surface area contributed by atoms with Gasteiger partial charge in [-0.05, 0) is 43.4 Å². The first-order valence-corrected chi connectivity index (χ1v) is 13.1. The highest BCUT2D eigenvalue weighted by Gasteiger charge is 2.31. The van der Waals surface area contributed by atoms with Gasteiger partial charge in [-0.15, -0.1) is 11.3 Å². The number of anilines is 1. The number of hydrogen-bond donors (Lipinski definition) is 1. The highest BCUT2D eigenvalue weighted by Crippen LogP contribution is 2.38. The van der Waals surface area contributed by atoms with Gasteiger partial charge in [-0.3, -0.25) is 9.69 Å². The van der Waals surface area contributed by atoms with Crippen LogP contribution >= 0.6 is 11.3 Å². The highest BCUT2D eigenvalue weighted by atomic mass is 32.2. The Labute approximate surface area is 196 Å². The van der Waals surface area contributed by atoms with E-state index in [1.807, 2.05) is 4.90 Å². The van der Waals surface area contributed by atoms with E-state index in [4.69, 9.17) is 4.74 Å². The van der Waals surface area contributed by atoms with Gasteiger partial charge >= 0.3 is 5.97 Å². The number of esters is 1. The third-order valence-corrected chi connectivity index (χ3v) is 9.11. The summed E-state index contributed by atoms with van der Waals surface area (Å²) in [6.07, 6.45) is 3.74. The third kappa shape index (κ3) is 4.96. The summed E-state index contributed by atoms with van der Waals surface area (Å²) in [5.41, 5.74) is 1.42. The van der Waals surface area contributed by atoms with Gasteiger partial charge in [0.05, 0.1) is 19.2 Å². The van der Waals surface area contributed by atoms with Gasteiger partial charge in [-0.1, -0.05) is 12.1 Å². The lowest BCUT2D eigenvalue weighted by Gasteiger charge is -2.33. The van der Waals surface area contributed by atoms with E-state index in [-0.39, 0.29) is 30.4 Å². The minimum atomic E-state index is -3.93. The summed E-state index contributed by atoms with van der Waals surface area (Å²) in [6, 6.07) is 5.31. The third-order valence-electron chi connectivity index (χ3n) is 5.97. The van der Waals surface area contributed by atoms with E-state index < -0.39 is 21.8 Å². The largest absolute Gasteiger partial charge is 0.465 e. The van der Waals surface area contributed by atoms with Crippen molar-refractivity contribution in [3.8, 4) is 0 Å². The number of hydrogen-bond acceptors (Lipinski definition) is 7. The van der Waals surface area contributed by atoms with Gasteiger partial charge in [0.25, 0.3) is 0 Å². The maximum Gasteiger partial charge on any atom is 0.341 e. The van der Waals surface area contributed by atoms with Crippen LogP contribution in [0.4, 0.5) is 9.39 Å². The molecule has 1 fully saturated rings. The Hall–Kier alpha value is -2.34. The molecule has 0 radical (unpaired) electrons. The second-order valence-electron chi connectivity index (χ2n) is 8.07. The van der Waals surface area contributed by atoms with Crippen molar-refractivity contribution in [1.82, 2.24) is 9.21 Å². The lowest BCUT2D eigenvalue weighted by molar-refractivity contribution is -0.117. The first-order valence-electron chi connectivity index (χ1n) is 10.8. The van der Waals surface area contributed by atoms with E-state index in [1.54, 1.807) is 0 Å². The number of carbonyl (C=O) groups is 2. The Bertz CT molecular complexity index is 1160. The molecule has 0 bridgehead atoms. The number of nitrogens with one attached hydrogen (secondary N) is 1. The van der Waals surface area contributed by atoms with Crippen LogP contribution in [0.3, 0.4) is 0 Å². The van der Waals surface area contributed by atoms with Crippen molar-refractivity contribution in [2.75, 3.05) is 45.2 Å². The zero-order valence-electron chi connectivity index (χ0n) is 18.3. The van der Waals surface area contributed by atoms with Crippen molar-refractivity contribution < 1.29 is 27.1 Å². The van der Waals surface area contributed by atoms with E-state index in [1.165, 1.54) is 41.0 Å². The van der Waals surface area contributed by atoms with Gasteiger partial charge in [0.2, 0.25) is 15.9 Å². The Kier molecular flexibility index (Phi) is 7.13. The monoisotopic (exact) mass is 495 g/mol. The van der Waals surface area contributed by atoms with Crippen LogP contribution < -0.4 is 5.32 Å². The van der Waals surface area contributed by atoms with Crippen LogP contribution in [-0.4, -0.2) is 69.3 Å². The van der Waals surface area contributed by atoms with Gasteiger partial charge in [0.1, 0.15) is 15.7 Å². The lowest BCUT2D eigenvalue weighted by Crippen LogP contribution is -2.50. The number of amides is 1. The van der Waals surface area contributed by atoms with Crippen LogP contribution in [0.15, 0.2) is 29.2 Å². The van der Waals surface area contributed by atoms with Crippen LogP contribution in [0, 0.1) is 5.82 Å². The molecule has 2 heterocycles. The molecule has 0 atom stereocenters. The summed E-state index contributed by atoms with van der Waals surface area (Å²) < 4.78 is 45.7. The molecular weight excluding hydrogens is 469 g/mol. The van der Waals surface area contributed by atoms with Crippen molar-refractivity contribution in [3.63, 3.8) is 0 Å². The van der Waals surface area contributed by atoms with Crippen molar-refractivity contribution in [1.29, 1.82) is 0 Å². The summed E-state index contributed by atoms with van der Waals surface area (Å²) in [6.45, 7) is 1.06. The molecule has 33 heavy (non-hydrogen) atoms. The molecule has 8 nitrogen and oxygen atoms in total. The normalized spacial score (nSPS) is 17.4. The van der Waals surface area contributed by atoms with Gasteiger partial charge in [0, 0.05) is 31.1 Å². The van der Waals surface area contributed by atoms with E-state index in [0.29, 0.717) is 23.7 Å². The molecule has 11 heteroatoms. The fourth-order valence-electron chi connectivity index (χ4n) is 4.26. The predicted octanol–water partition coefficient (Wildman–Crippen LogP) is 2.50. The predicted molar refractivity (Wildman–Crippen MR) is 123 cm³/mol. The van der Waals surface area contributed by atoms with Crippen LogP contribution in [0.25, 0.3) is 0 Å². The number of aryl methyl sites for hydroxylation is 1. The van der Waals surface area contributed by atoms with Crippen LogP contribution in [0.2, 0.25) is 0 Å². The van der Waals surface area contributed by atoms with Crippen LogP contribution in [-0.2, 0) is 32.4 Å². The molecule has 0 unspecified atom stereocenters. The summed E-state index contributed by atoms with van der Waals surface area (Å²) >= 11 is 1.42. The standard InChI is InChI=1S/C22H26FN3O5S2/c1-31-22(28)20-15-6-2-4-8-17(15)32-21(20)24-19(27)14-25-10-12-26(13-11-25)33(29,30)18-9-5-3-7-16(18)23/h3,5,7,9H,2,4,6,8,10-14H2,1H3,(H,24,27). The topological polar surface area (TPSA) is 96.0 Å². The molecule has 178 valence electrons. The summed E-state index contributed by atoms with van der Waals surface area (Å²) in [4.78, 5) is 27.7. The second-order valence-corrected chi connectivity index (χ2v) is 11.1. The lowest BCUT2D eigenvalue weighted by atomic mass is 9.95. The molecule has 0 spiro atoms. The fraction of sp³-hybridized carbons (Fsp3) is 0.455. The number of thiophene rings is 1. The van der Waals surface area contributed by atoms with E-state index >= 15 is 0 Å². The van der Waals surface area contributed by atoms with Crippen molar-refractivity contribution >= 4 is 38.2 Å². The molecule has 2 aromatic rings. The van der Waals surface area contributed by atoms with Gasteiger partial charge in [-0.25, -0.2) is 17.6 Å². The SMILES string of the molecule is COC(=O)c1c(NC(=O)CN2CCN(S(=O)(=O)c3ccccc3F)CC2)sc2c1CCCC2. The molecule has 1 amide bonds. The summed E-state index contributed by atoms with van der Waals surface area (Å²) in [5.74, 6) is -1.50. The molecule has 1 aromatic heterocycles. The molecular formula is C22H26FN3O5S2. The number of piperazine rings is 1. The van der Waals surface area contributed by atoms with Gasteiger partial charge < -0.3 is 10.1 Å². The Morgan fingerprint density at radius 3 is 2.52 bits per heavy atom. The number of fused-ring (bicyclic) bond motifs is 1. The smallest absolute Gasteiger partial charge is 0.341 e. The maximum absolute atomic E-state index is 14.0. The zero-order chi connectivity index (χ0) is 23.6. The van der Waals surface area contributed by atoms with E-state index in [2.05, 4.69) is 5.32 Å². The number of carbonyl (C=O) groups excluding carboxylic acids is 2. The Morgan fingerprint density at radius 2 is 1.82 bits per heavy atom. The molecule has 1 aliphatic carbocycles. The Balaban J connectivity index is 1.38. The molecule has 1 N–H and O–H groups in total. The van der Waals surface area contributed by atoms with Crippen molar-refractivity contribution in [2.24, 2.45) is 0 Å². The molecule has 2 aliphatic rings. The van der Waals surface area contributed by atoms with Crippen molar-refractivity contribution in [3.05, 3.63) is 46.1 Å². The molecule has 4 rings (SSSR count). The van der Waals surface area contributed by atoms with Crippen LogP contribution in [0.1, 0.15) is 33.6 Å². The minimum Gasteiger partial charge on any atom is -0.465 e. The number of methoxy groups -OCH3 is 1. The zero-order valence-corrected chi connectivity index (χ0v) is 19.9. The van der Waals surface area contributed by atoms with E-state index in [9.17, 15) is 22.4 Å². The molecule has 0 saturated carbocycles. The maximum atomic E-state index is 14.0. The van der Waals surface area contributed by atoms with E-state index in [0.717, 1.165) is 42.2 Å². The number of nitrogens with zero attached hydrogens (tertiary/aromatic N) is 2. The second kappa shape index (κ2) is 9.88. The number of benzene rings is 1. The first kappa shape index (κ1) is 23.8. The average Bonchev–Trinajstić information content (AvgIpc) is 3.16. The first-order chi connectivity index (χ1) is 15.8. The fourth-order valence-corrected chi connectivity index (χ4v) is 7.04. The number of ether oxygens (including phenoxy) is 1.